The van der Waals surface area contributed by atoms with Crippen molar-refractivity contribution in [3.63, 3.8) is 0 Å². The molecule has 0 spiro atoms. The second kappa shape index (κ2) is 6.93. The van der Waals surface area contributed by atoms with Crippen molar-refractivity contribution in [1.29, 1.82) is 0 Å². The first-order chi connectivity index (χ1) is 8.29. The Morgan fingerprint density at radius 2 is 2.12 bits per heavy atom. The molecular weight excluding hydrogens is 270 g/mol. The summed E-state index contributed by atoms with van der Waals surface area (Å²) in [5, 5.41) is 5.02. The van der Waals surface area contributed by atoms with E-state index >= 15 is 0 Å². The minimum absolute atomic E-state index is 0.564. The minimum Gasteiger partial charge on any atom is -0.316 e. The van der Waals surface area contributed by atoms with Gasteiger partial charge in [0.1, 0.15) is 0 Å². The first-order valence-electron chi connectivity index (χ1n) is 5.90. The smallest absolute Gasteiger partial charge is 0.0406 e. The Kier molecular flexibility index (Phi) is 5.54. The van der Waals surface area contributed by atoms with Gasteiger partial charge in [-0.25, -0.2) is 0 Å². The maximum Gasteiger partial charge on any atom is 0.0406 e. The lowest BCUT2D eigenvalue weighted by Crippen LogP contribution is -2.40. The Balaban J connectivity index is 1.96. The topological polar surface area (TPSA) is 12.0 Å². The third-order valence-electron chi connectivity index (χ3n) is 3.03. The van der Waals surface area contributed by atoms with E-state index in [2.05, 4.69) is 48.0 Å². The molecule has 2 atom stereocenters. The van der Waals surface area contributed by atoms with Crippen molar-refractivity contribution < 1.29 is 0 Å². The lowest BCUT2D eigenvalue weighted by Gasteiger charge is -2.29. The molecule has 0 aromatic heterocycles. The first-order valence-corrected chi connectivity index (χ1v) is 8.49. The zero-order valence-electron chi connectivity index (χ0n) is 9.99. The summed E-state index contributed by atoms with van der Waals surface area (Å²) in [4.78, 5) is 0. The molecule has 1 aliphatic rings. The van der Waals surface area contributed by atoms with Crippen molar-refractivity contribution in [3.05, 3.63) is 34.9 Å². The maximum absolute atomic E-state index is 5.91. The summed E-state index contributed by atoms with van der Waals surface area (Å²) in [6, 6.07) is 8.79. The summed E-state index contributed by atoms with van der Waals surface area (Å²) < 4.78 is 0. The molecule has 0 amide bonds. The summed E-state index contributed by atoms with van der Waals surface area (Å²) in [5.74, 6) is 3.86. The average molecular weight is 288 g/mol. The molecule has 0 aliphatic carbocycles. The Morgan fingerprint density at radius 3 is 2.71 bits per heavy atom. The Morgan fingerprint density at radius 1 is 1.35 bits per heavy atom. The fourth-order valence-corrected chi connectivity index (χ4v) is 5.09. The molecule has 1 saturated heterocycles. The molecule has 2 unspecified atom stereocenters. The van der Waals surface area contributed by atoms with E-state index in [0.29, 0.717) is 6.04 Å². The van der Waals surface area contributed by atoms with E-state index in [9.17, 15) is 0 Å². The van der Waals surface area contributed by atoms with E-state index in [1.54, 1.807) is 0 Å². The third kappa shape index (κ3) is 4.09. The van der Waals surface area contributed by atoms with Crippen LogP contribution < -0.4 is 5.32 Å². The molecule has 0 radical (unpaired) electrons. The van der Waals surface area contributed by atoms with E-state index in [-0.39, 0.29) is 0 Å². The normalized spacial score (nSPS) is 22.4. The van der Waals surface area contributed by atoms with Crippen molar-refractivity contribution in [2.75, 3.05) is 24.3 Å². The Bertz CT molecular complexity index is 336. The van der Waals surface area contributed by atoms with Gasteiger partial charge in [0.25, 0.3) is 0 Å². The number of nitrogens with one attached hydrogen (secondary N) is 1. The van der Waals surface area contributed by atoms with Crippen LogP contribution in [0.4, 0.5) is 0 Å². The van der Waals surface area contributed by atoms with Gasteiger partial charge >= 0.3 is 0 Å². The molecule has 1 nitrogen and oxygen atoms in total. The van der Waals surface area contributed by atoms with Gasteiger partial charge in [0.2, 0.25) is 0 Å². The van der Waals surface area contributed by atoms with E-state index < -0.39 is 0 Å². The van der Waals surface area contributed by atoms with Crippen LogP contribution in [0.5, 0.6) is 0 Å². The number of hydrogen-bond donors (Lipinski definition) is 1. The predicted octanol–water partition coefficient (Wildman–Crippen LogP) is 3.32. The molecule has 1 aromatic carbocycles. The molecule has 1 fully saturated rings. The number of rotatable bonds is 4. The molecule has 1 N–H and O–H groups in total. The number of likely N-dealkylation sites (N-methyl/N-ethyl adjacent to an activating group) is 1. The maximum atomic E-state index is 5.91. The fourth-order valence-electron chi connectivity index (χ4n) is 2.03. The molecule has 2 rings (SSSR count). The van der Waals surface area contributed by atoms with Gasteiger partial charge in [0, 0.05) is 33.6 Å². The van der Waals surface area contributed by atoms with Crippen molar-refractivity contribution in [2.45, 2.75) is 17.7 Å². The highest BCUT2D eigenvalue weighted by Crippen LogP contribution is 2.27. The largest absolute Gasteiger partial charge is 0.316 e. The van der Waals surface area contributed by atoms with Crippen LogP contribution in [0.2, 0.25) is 5.02 Å². The highest BCUT2D eigenvalue weighted by atomic mass is 35.5. The first kappa shape index (κ1) is 13.6. The minimum atomic E-state index is 0.564. The van der Waals surface area contributed by atoms with Gasteiger partial charge in [-0.15, -0.1) is 0 Å². The van der Waals surface area contributed by atoms with Crippen LogP contribution >= 0.6 is 35.1 Å². The van der Waals surface area contributed by atoms with Gasteiger partial charge in [-0.3, -0.25) is 0 Å². The molecule has 1 aromatic rings. The van der Waals surface area contributed by atoms with Crippen LogP contribution in [0.15, 0.2) is 24.3 Å². The SMILES string of the molecule is CNC(Cc1ccc(Cl)cc1)C1CSCCS1. The highest BCUT2D eigenvalue weighted by Gasteiger charge is 2.23. The summed E-state index contributed by atoms with van der Waals surface area (Å²) in [6.07, 6.45) is 1.09. The average Bonchev–Trinajstić information content (AvgIpc) is 2.39. The summed E-state index contributed by atoms with van der Waals surface area (Å²) in [7, 11) is 2.07. The van der Waals surface area contributed by atoms with Gasteiger partial charge in [-0.2, -0.15) is 23.5 Å². The van der Waals surface area contributed by atoms with Gasteiger partial charge < -0.3 is 5.32 Å². The van der Waals surface area contributed by atoms with E-state index in [4.69, 9.17) is 11.6 Å². The Hall–Kier alpha value is 0.170. The quantitative estimate of drug-likeness (QED) is 0.912. The van der Waals surface area contributed by atoms with Crippen molar-refractivity contribution in [2.24, 2.45) is 0 Å². The molecule has 1 aliphatic heterocycles. The third-order valence-corrected chi connectivity index (χ3v) is 6.20. The van der Waals surface area contributed by atoms with Crippen LogP contribution in [-0.2, 0) is 6.42 Å². The second-order valence-corrected chi connectivity index (χ2v) is 7.14. The van der Waals surface area contributed by atoms with Gasteiger partial charge in [-0.05, 0) is 31.2 Å². The lowest BCUT2D eigenvalue weighted by atomic mass is 10.0. The molecular formula is C13H18ClNS2. The van der Waals surface area contributed by atoms with E-state index in [1.165, 1.54) is 22.8 Å². The van der Waals surface area contributed by atoms with Gasteiger partial charge in [-0.1, -0.05) is 23.7 Å². The molecule has 94 valence electrons. The molecule has 4 heteroatoms. The summed E-state index contributed by atoms with van der Waals surface area (Å²) in [6.45, 7) is 0. The summed E-state index contributed by atoms with van der Waals surface area (Å²) in [5.41, 5.74) is 1.37. The van der Waals surface area contributed by atoms with Crippen LogP contribution in [-0.4, -0.2) is 35.6 Å². The second-order valence-electron chi connectivity index (χ2n) is 4.21. The van der Waals surface area contributed by atoms with Crippen LogP contribution in [0.3, 0.4) is 0 Å². The zero-order valence-corrected chi connectivity index (χ0v) is 12.4. The number of halogens is 1. The highest BCUT2D eigenvalue weighted by molar-refractivity contribution is 8.06. The van der Waals surface area contributed by atoms with Crippen molar-refractivity contribution >= 4 is 35.1 Å². The monoisotopic (exact) mass is 287 g/mol. The van der Waals surface area contributed by atoms with E-state index in [0.717, 1.165) is 16.7 Å². The lowest BCUT2D eigenvalue weighted by molar-refractivity contribution is 0.557. The molecule has 0 saturated carbocycles. The Labute approximate surface area is 117 Å². The van der Waals surface area contributed by atoms with E-state index in [1.807, 2.05) is 12.1 Å². The van der Waals surface area contributed by atoms with Crippen molar-refractivity contribution in [3.8, 4) is 0 Å². The number of benzene rings is 1. The van der Waals surface area contributed by atoms with Crippen LogP contribution in [0.25, 0.3) is 0 Å². The molecule has 0 bridgehead atoms. The standard InChI is InChI=1S/C13H18ClNS2/c1-15-12(13-9-16-6-7-17-13)8-10-2-4-11(14)5-3-10/h2-5,12-13,15H,6-9H2,1H3. The fraction of sp³-hybridized carbons (Fsp3) is 0.538. The molecule has 1 heterocycles. The number of hydrogen-bond acceptors (Lipinski definition) is 3. The van der Waals surface area contributed by atoms with Crippen molar-refractivity contribution in [1.82, 2.24) is 5.32 Å². The molecule has 17 heavy (non-hydrogen) atoms. The predicted molar refractivity (Wildman–Crippen MR) is 81.6 cm³/mol. The van der Waals surface area contributed by atoms with Crippen LogP contribution in [0, 0.1) is 0 Å². The summed E-state index contributed by atoms with van der Waals surface area (Å²) >= 11 is 10.1. The van der Waals surface area contributed by atoms with Gasteiger partial charge in [0.15, 0.2) is 0 Å². The van der Waals surface area contributed by atoms with Gasteiger partial charge in [0.05, 0.1) is 0 Å². The van der Waals surface area contributed by atoms with Crippen LogP contribution in [0.1, 0.15) is 5.56 Å². The zero-order chi connectivity index (χ0) is 12.1. The number of thioether (sulfide) groups is 2.